The molecule has 0 aliphatic carbocycles. The lowest BCUT2D eigenvalue weighted by Gasteiger charge is -2.24. The van der Waals surface area contributed by atoms with Gasteiger partial charge >= 0.3 is 0 Å². The number of pyridine rings is 1. The van der Waals surface area contributed by atoms with Crippen LogP contribution in [0.15, 0.2) is 36.5 Å². The maximum absolute atomic E-state index is 12.4. The molecular formula is C14H19Cl2N3O. The van der Waals surface area contributed by atoms with E-state index in [-0.39, 0.29) is 36.8 Å². The quantitative estimate of drug-likeness (QED) is 0.946. The Hall–Kier alpha value is -1.36. The Kier molecular flexibility index (Phi) is 7.50. The van der Waals surface area contributed by atoms with Crippen LogP contribution in [-0.2, 0) is 0 Å². The Balaban J connectivity index is 0.00000180. The van der Waals surface area contributed by atoms with Crippen LogP contribution >= 0.6 is 24.8 Å². The number of aromatic nitrogens is 1. The van der Waals surface area contributed by atoms with Gasteiger partial charge in [0.1, 0.15) is 0 Å². The van der Waals surface area contributed by atoms with Crippen molar-refractivity contribution in [1.82, 2.24) is 9.88 Å². The Bertz CT molecular complexity index is 572. The number of nitrogens with zero attached hydrogens (tertiary/aromatic N) is 2. The smallest absolute Gasteiger partial charge is 0.256 e. The Morgan fingerprint density at radius 2 is 1.95 bits per heavy atom. The summed E-state index contributed by atoms with van der Waals surface area (Å²) in [6.07, 6.45) is 1.70. The van der Waals surface area contributed by atoms with Crippen molar-refractivity contribution in [3.63, 3.8) is 0 Å². The van der Waals surface area contributed by atoms with Crippen molar-refractivity contribution in [2.45, 2.75) is 13.0 Å². The molecule has 0 fully saturated rings. The molecule has 110 valence electrons. The molecule has 4 nitrogen and oxygen atoms in total. The van der Waals surface area contributed by atoms with Crippen LogP contribution in [0.5, 0.6) is 0 Å². The van der Waals surface area contributed by atoms with Crippen LogP contribution in [0.2, 0.25) is 0 Å². The predicted octanol–water partition coefficient (Wildman–Crippen LogP) is 2.50. The summed E-state index contributed by atoms with van der Waals surface area (Å²) in [7, 11) is 1.77. The summed E-state index contributed by atoms with van der Waals surface area (Å²) in [5.74, 6) is -0.0442. The van der Waals surface area contributed by atoms with Crippen molar-refractivity contribution < 1.29 is 4.79 Å². The third kappa shape index (κ3) is 3.60. The highest BCUT2D eigenvalue weighted by molar-refractivity contribution is 6.05. The van der Waals surface area contributed by atoms with E-state index in [0.717, 1.165) is 10.9 Å². The van der Waals surface area contributed by atoms with Crippen LogP contribution in [0, 0.1) is 0 Å². The zero-order chi connectivity index (χ0) is 13.1. The van der Waals surface area contributed by atoms with E-state index < -0.39 is 0 Å². The summed E-state index contributed by atoms with van der Waals surface area (Å²) in [6, 6.07) is 9.45. The second-order valence-corrected chi connectivity index (χ2v) is 4.38. The predicted molar refractivity (Wildman–Crippen MR) is 86.8 cm³/mol. The number of para-hydroxylation sites is 1. The van der Waals surface area contributed by atoms with Crippen molar-refractivity contribution in [2.24, 2.45) is 5.73 Å². The van der Waals surface area contributed by atoms with Crippen molar-refractivity contribution in [1.29, 1.82) is 0 Å². The van der Waals surface area contributed by atoms with Gasteiger partial charge in [0.15, 0.2) is 0 Å². The van der Waals surface area contributed by atoms with Gasteiger partial charge in [-0.2, -0.15) is 0 Å². The van der Waals surface area contributed by atoms with Gasteiger partial charge in [0.2, 0.25) is 0 Å². The zero-order valence-electron chi connectivity index (χ0n) is 11.4. The van der Waals surface area contributed by atoms with E-state index in [2.05, 4.69) is 4.98 Å². The molecule has 1 unspecified atom stereocenters. The first-order chi connectivity index (χ1) is 8.65. The minimum absolute atomic E-state index is 0. The number of halogens is 2. The maximum Gasteiger partial charge on any atom is 0.256 e. The molecule has 0 aliphatic heterocycles. The molecule has 1 atom stereocenters. The van der Waals surface area contributed by atoms with Gasteiger partial charge in [-0.1, -0.05) is 18.2 Å². The third-order valence-electron chi connectivity index (χ3n) is 3.19. The molecule has 0 spiro atoms. The van der Waals surface area contributed by atoms with Crippen LogP contribution < -0.4 is 5.73 Å². The largest absolute Gasteiger partial charge is 0.338 e. The number of carbonyl (C=O) groups is 1. The average molecular weight is 316 g/mol. The van der Waals surface area contributed by atoms with Gasteiger partial charge in [-0.05, 0) is 19.1 Å². The van der Waals surface area contributed by atoms with Crippen molar-refractivity contribution in [2.75, 3.05) is 13.6 Å². The van der Waals surface area contributed by atoms with Crippen LogP contribution in [0.25, 0.3) is 10.9 Å². The molecule has 1 heterocycles. The molecule has 0 saturated carbocycles. The van der Waals surface area contributed by atoms with Crippen LogP contribution in [0.4, 0.5) is 0 Å². The standard InChI is InChI=1S/C14H17N3O.2ClH/c1-10(9-15)17(2)14(18)12-7-3-5-11-6-4-8-16-13(11)12;;/h3-8,10H,9,15H2,1-2H3;2*1H. The summed E-state index contributed by atoms with van der Waals surface area (Å²) >= 11 is 0. The average Bonchev–Trinajstić information content (AvgIpc) is 2.44. The zero-order valence-corrected chi connectivity index (χ0v) is 13.1. The van der Waals surface area contributed by atoms with Gasteiger partial charge in [-0.3, -0.25) is 9.78 Å². The first-order valence-electron chi connectivity index (χ1n) is 5.96. The molecule has 0 radical (unpaired) electrons. The molecule has 2 aromatic rings. The minimum Gasteiger partial charge on any atom is -0.338 e. The monoisotopic (exact) mass is 315 g/mol. The molecule has 2 N–H and O–H groups in total. The van der Waals surface area contributed by atoms with E-state index in [0.29, 0.717) is 12.1 Å². The van der Waals surface area contributed by atoms with E-state index in [1.165, 1.54) is 0 Å². The number of amides is 1. The summed E-state index contributed by atoms with van der Waals surface area (Å²) < 4.78 is 0. The van der Waals surface area contributed by atoms with Gasteiger partial charge in [-0.15, -0.1) is 24.8 Å². The van der Waals surface area contributed by atoms with Crippen molar-refractivity contribution in [3.05, 3.63) is 42.1 Å². The minimum atomic E-state index is -0.0442. The highest BCUT2D eigenvalue weighted by Crippen LogP contribution is 2.17. The normalized spacial score (nSPS) is 11.2. The van der Waals surface area contributed by atoms with Crippen molar-refractivity contribution >= 4 is 41.6 Å². The van der Waals surface area contributed by atoms with Gasteiger partial charge in [0.05, 0.1) is 11.1 Å². The van der Waals surface area contributed by atoms with Crippen LogP contribution in [-0.4, -0.2) is 35.4 Å². The fraction of sp³-hybridized carbons (Fsp3) is 0.286. The molecule has 2 rings (SSSR count). The van der Waals surface area contributed by atoms with E-state index in [1.807, 2.05) is 31.2 Å². The molecule has 20 heavy (non-hydrogen) atoms. The van der Waals surface area contributed by atoms with Crippen LogP contribution in [0.3, 0.4) is 0 Å². The molecule has 0 aliphatic rings. The lowest BCUT2D eigenvalue weighted by molar-refractivity contribution is 0.0750. The van der Waals surface area contributed by atoms with E-state index in [9.17, 15) is 4.79 Å². The van der Waals surface area contributed by atoms with E-state index in [1.54, 1.807) is 24.2 Å². The number of rotatable bonds is 3. The summed E-state index contributed by atoms with van der Waals surface area (Å²) in [4.78, 5) is 18.3. The van der Waals surface area contributed by atoms with E-state index >= 15 is 0 Å². The molecule has 0 saturated heterocycles. The third-order valence-corrected chi connectivity index (χ3v) is 3.19. The fourth-order valence-electron chi connectivity index (χ4n) is 1.83. The van der Waals surface area contributed by atoms with Crippen molar-refractivity contribution in [3.8, 4) is 0 Å². The Labute approximate surface area is 131 Å². The van der Waals surface area contributed by atoms with Gasteiger partial charge in [0.25, 0.3) is 5.91 Å². The first-order valence-corrected chi connectivity index (χ1v) is 5.96. The number of carbonyl (C=O) groups excluding carboxylic acids is 1. The molecule has 1 aromatic carbocycles. The molecule has 1 aromatic heterocycles. The highest BCUT2D eigenvalue weighted by atomic mass is 35.5. The second kappa shape index (κ2) is 8.04. The number of hydrogen-bond acceptors (Lipinski definition) is 3. The molecule has 6 heteroatoms. The van der Waals surface area contributed by atoms with Gasteiger partial charge < -0.3 is 10.6 Å². The SMILES string of the molecule is CC(CN)N(C)C(=O)c1cccc2cccnc12.Cl.Cl. The number of benzene rings is 1. The summed E-state index contributed by atoms with van der Waals surface area (Å²) in [6.45, 7) is 2.37. The topological polar surface area (TPSA) is 59.2 Å². The number of hydrogen-bond donors (Lipinski definition) is 1. The number of likely N-dealkylation sites (N-methyl/N-ethyl adjacent to an activating group) is 1. The van der Waals surface area contributed by atoms with Gasteiger partial charge in [0, 0.05) is 31.2 Å². The first kappa shape index (κ1) is 18.6. The summed E-state index contributed by atoms with van der Waals surface area (Å²) in [5, 5.41) is 0.970. The highest BCUT2D eigenvalue weighted by Gasteiger charge is 2.18. The molecular weight excluding hydrogens is 297 g/mol. The Morgan fingerprint density at radius 1 is 1.30 bits per heavy atom. The number of fused-ring (bicyclic) bond motifs is 1. The molecule has 0 bridgehead atoms. The van der Waals surface area contributed by atoms with E-state index in [4.69, 9.17) is 5.73 Å². The lowest BCUT2D eigenvalue weighted by atomic mass is 10.1. The fourth-order valence-corrected chi connectivity index (χ4v) is 1.83. The van der Waals surface area contributed by atoms with Gasteiger partial charge in [-0.25, -0.2) is 0 Å². The molecule has 1 amide bonds. The lowest BCUT2D eigenvalue weighted by Crippen LogP contribution is -2.39. The summed E-state index contributed by atoms with van der Waals surface area (Å²) in [5.41, 5.74) is 6.95. The Morgan fingerprint density at radius 3 is 2.60 bits per heavy atom. The van der Waals surface area contributed by atoms with Crippen LogP contribution in [0.1, 0.15) is 17.3 Å². The maximum atomic E-state index is 12.4. The second-order valence-electron chi connectivity index (χ2n) is 4.38. The number of nitrogens with two attached hydrogens (primary N) is 1.